The van der Waals surface area contributed by atoms with E-state index in [0.29, 0.717) is 0 Å². The standard InChI is InChI=1S/C8H17N3O/c1-3-4-5-6-7(2)10-11-8(9)12/h3-6H2,1-2H3,(H3,9,11,12). The molecule has 4 heteroatoms. The summed E-state index contributed by atoms with van der Waals surface area (Å²) in [6.45, 7) is 4.03. The summed E-state index contributed by atoms with van der Waals surface area (Å²) >= 11 is 0. The van der Waals surface area contributed by atoms with Crippen molar-refractivity contribution >= 4 is 11.7 Å². The fourth-order valence-corrected chi connectivity index (χ4v) is 0.837. The van der Waals surface area contributed by atoms with Gasteiger partial charge in [0.15, 0.2) is 0 Å². The molecule has 0 rings (SSSR count). The van der Waals surface area contributed by atoms with E-state index in [-0.39, 0.29) is 0 Å². The predicted octanol–water partition coefficient (Wildman–Crippen LogP) is 1.61. The van der Waals surface area contributed by atoms with Gasteiger partial charge in [-0.25, -0.2) is 10.2 Å². The van der Waals surface area contributed by atoms with Crippen molar-refractivity contribution in [3.05, 3.63) is 0 Å². The van der Waals surface area contributed by atoms with Crippen molar-refractivity contribution in [1.29, 1.82) is 0 Å². The lowest BCUT2D eigenvalue weighted by molar-refractivity contribution is 0.249. The van der Waals surface area contributed by atoms with Crippen LogP contribution in [0.15, 0.2) is 5.10 Å². The number of nitrogens with one attached hydrogen (secondary N) is 1. The van der Waals surface area contributed by atoms with Gasteiger partial charge in [0, 0.05) is 5.71 Å². The predicted molar refractivity (Wildman–Crippen MR) is 50.0 cm³/mol. The molecule has 0 aliphatic heterocycles. The molecule has 0 aliphatic carbocycles. The van der Waals surface area contributed by atoms with Crippen molar-refractivity contribution in [2.24, 2.45) is 10.8 Å². The molecule has 0 saturated heterocycles. The van der Waals surface area contributed by atoms with Gasteiger partial charge in [-0.15, -0.1) is 0 Å². The van der Waals surface area contributed by atoms with Crippen LogP contribution in [0, 0.1) is 0 Å². The van der Waals surface area contributed by atoms with Crippen molar-refractivity contribution in [1.82, 2.24) is 5.43 Å². The van der Waals surface area contributed by atoms with Crippen LogP contribution < -0.4 is 11.2 Å². The molecule has 0 aromatic rings. The van der Waals surface area contributed by atoms with Crippen LogP contribution in [0.2, 0.25) is 0 Å². The van der Waals surface area contributed by atoms with E-state index in [1.807, 2.05) is 6.92 Å². The second-order valence-electron chi connectivity index (χ2n) is 2.78. The van der Waals surface area contributed by atoms with Crippen LogP contribution in [0.4, 0.5) is 4.79 Å². The van der Waals surface area contributed by atoms with E-state index in [0.717, 1.165) is 18.6 Å². The van der Waals surface area contributed by atoms with Gasteiger partial charge in [0.1, 0.15) is 0 Å². The number of urea groups is 1. The van der Waals surface area contributed by atoms with Crippen LogP contribution in [0.3, 0.4) is 0 Å². The maximum Gasteiger partial charge on any atom is 0.332 e. The second-order valence-corrected chi connectivity index (χ2v) is 2.78. The Kier molecular flexibility index (Phi) is 6.05. The number of unbranched alkanes of at least 4 members (excludes halogenated alkanes) is 2. The smallest absolute Gasteiger partial charge is 0.332 e. The van der Waals surface area contributed by atoms with Crippen molar-refractivity contribution in [2.75, 3.05) is 0 Å². The van der Waals surface area contributed by atoms with Crippen molar-refractivity contribution in [3.63, 3.8) is 0 Å². The van der Waals surface area contributed by atoms with Gasteiger partial charge in [0.2, 0.25) is 0 Å². The molecule has 0 spiro atoms. The molecule has 0 aromatic heterocycles. The Bertz CT molecular complexity index is 166. The summed E-state index contributed by atoms with van der Waals surface area (Å²) < 4.78 is 0. The molecular formula is C8H17N3O. The van der Waals surface area contributed by atoms with E-state index in [4.69, 9.17) is 5.73 Å². The minimum absolute atomic E-state index is 0.607. The number of carbonyl (C=O) groups is 1. The Hall–Kier alpha value is -1.06. The molecule has 0 atom stereocenters. The molecule has 0 unspecified atom stereocenters. The fourth-order valence-electron chi connectivity index (χ4n) is 0.837. The summed E-state index contributed by atoms with van der Waals surface area (Å²) in [5, 5.41) is 3.79. The van der Waals surface area contributed by atoms with E-state index >= 15 is 0 Å². The zero-order chi connectivity index (χ0) is 9.40. The van der Waals surface area contributed by atoms with E-state index in [9.17, 15) is 4.79 Å². The van der Waals surface area contributed by atoms with Crippen molar-refractivity contribution in [3.8, 4) is 0 Å². The molecule has 3 N–H and O–H groups in total. The zero-order valence-corrected chi connectivity index (χ0v) is 7.76. The first kappa shape index (κ1) is 10.9. The highest BCUT2D eigenvalue weighted by atomic mass is 16.2. The minimum Gasteiger partial charge on any atom is -0.350 e. The first-order chi connectivity index (χ1) is 5.66. The Balaban J connectivity index is 3.49. The number of hydrogen-bond acceptors (Lipinski definition) is 2. The van der Waals surface area contributed by atoms with Crippen LogP contribution in [0.1, 0.15) is 39.5 Å². The topological polar surface area (TPSA) is 67.5 Å². The molecule has 12 heavy (non-hydrogen) atoms. The summed E-state index contributed by atoms with van der Waals surface area (Å²) in [5.74, 6) is 0. The van der Waals surface area contributed by atoms with Gasteiger partial charge in [0.05, 0.1) is 0 Å². The molecule has 0 aliphatic rings. The van der Waals surface area contributed by atoms with Crippen LogP contribution in [-0.4, -0.2) is 11.7 Å². The Morgan fingerprint density at radius 1 is 1.50 bits per heavy atom. The van der Waals surface area contributed by atoms with Gasteiger partial charge in [-0.1, -0.05) is 19.8 Å². The molecule has 0 heterocycles. The SMILES string of the molecule is CCCCCC(C)=NNC(N)=O. The van der Waals surface area contributed by atoms with E-state index in [2.05, 4.69) is 17.5 Å². The fraction of sp³-hybridized carbons (Fsp3) is 0.750. The van der Waals surface area contributed by atoms with Crippen LogP contribution in [0.25, 0.3) is 0 Å². The lowest BCUT2D eigenvalue weighted by Gasteiger charge is -1.98. The van der Waals surface area contributed by atoms with Gasteiger partial charge in [-0.3, -0.25) is 0 Å². The lowest BCUT2D eigenvalue weighted by Crippen LogP contribution is -2.25. The van der Waals surface area contributed by atoms with Crippen LogP contribution >= 0.6 is 0 Å². The maximum absolute atomic E-state index is 10.2. The number of hydrazone groups is 1. The van der Waals surface area contributed by atoms with Crippen molar-refractivity contribution in [2.45, 2.75) is 39.5 Å². The summed E-state index contributed by atoms with van der Waals surface area (Å²) in [6, 6.07) is -0.607. The van der Waals surface area contributed by atoms with Crippen LogP contribution in [-0.2, 0) is 0 Å². The number of nitrogens with two attached hydrogens (primary N) is 1. The monoisotopic (exact) mass is 171 g/mol. The molecule has 70 valence electrons. The molecule has 0 aromatic carbocycles. The van der Waals surface area contributed by atoms with Gasteiger partial charge in [0.25, 0.3) is 0 Å². The van der Waals surface area contributed by atoms with Gasteiger partial charge in [-0.2, -0.15) is 5.10 Å². The van der Waals surface area contributed by atoms with Gasteiger partial charge < -0.3 is 5.73 Å². The average molecular weight is 171 g/mol. The minimum atomic E-state index is -0.607. The number of amides is 2. The first-order valence-corrected chi connectivity index (χ1v) is 4.25. The number of primary amides is 1. The largest absolute Gasteiger partial charge is 0.350 e. The number of rotatable bonds is 5. The molecule has 0 bridgehead atoms. The van der Waals surface area contributed by atoms with Gasteiger partial charge in [-0.05, 0) is 19.8 Å². The first-order valence-electron chi connectivity index (χ1n) is 4.25. The molecule has 4 nitrogen and oxygen atoms in total. The summed E-state index contributed by atoms with van der Waals surface area (Å²) in [5.41, 5.74) is 7.96. The molecule has 2 amide bonds. The summed E-state index contributed by atoms with van der Waals surface area (Å²) in [6.07, 6.45) is 4.43. The maximum atomic E-state index is 10.2. The summed E-state index contributed by atoms with van der Waals surface area (Å²) in [7, 11) is 0. The normalized spacial score (nSPS) is 11.3. The van der Waals surface area contributed by atoms with E-state index < -0.39 is 6.03 Å². The van der Waals surface area contributed by atoms with Gasteiger partial charge >= 0.3 is 6.03 Å². The third kappa shape index (κ3) is 7.05. The molecule has 0 radical (unpaired) electrons. The Morgan fingerprint density at radius 2 is 2.17 bits per heavy atom. The third-order valence-electron chi connectivity index (χ3n) is 1.50. The zero-order valence-electron chi connectivity index (χ0n) is 7.76. The molecule has 0 fully saturated rings. The van der Waals surface area contributed by atoms with Crippen molar-refractivity contribution < 1.29 is 4.79 Å². The molecular weight excluding hydrogens is 154 g/mol. The highest BCUT2D eigenvalue weighted by Gasteiger charge is 1.92. The lowest BCUT2D eigenvalue weighted by atomic mass is 10.1. The van der Waals surface area contributed by atoms with E-state index in [1.165, 1.54) is 12.8 Å². The third-order valence-corrected chi connectivity index (χ3v) is 1.50. The number of hydrogen-bond donors (Lipinski definition) is 2. The Morgan fingerprint density at radius 3 is 2.67 bits per heavy atom. The number of carbonyl (C=O) groups excluding carboxylic acids is 1. The van der Waals surface area contributed by atoms with Crippen LogP contribution in [0.5, 0.6) is 0 Å². The Labute approximate surface area is 73.2 Å². The average Bonchev–Trinajstić information content (AvgIpc) is 2.01. The summed E-state index contributed by atoms with van der Waals surface area (Å²) in [4.78, 5) is 10.2. The number of nitrogens with zero attached hydrogens (tertiary/aromatic N) is 1. The van der Waals surface area contributed by atoms with E-state index in [1.54, 1.807) is 0 Å². The highest BCUT2D eigenvalue weighted by molar-refractivity contribution is 5.83. The second kappa shape index (κ2) is 6.64. The molecule has 0 saturated carbocycles. The quantitative estimate of drug-likeness (QED) is 0.368. The highest BCUT2D eigenvalue weighted by Crippen LogP contribution is 1.99.